The first-order valence-electron chi connectivity index (χ1n) is 5.03. The molecule has 84 valence electrons. The van der Waals surface area contributed by atoms with Crippen LogP contribution in [-0.2, 0) is 16.0 Å². The molecule has 0 aliphatic carbocycles. The summed E-state index contributed by atoms with van der Waals surface area (Å²) in [6.07, 6.45) is 6.68. The van der Waals surface area contributed by atoms with E-state index in [1.54, 1.807) is 10.7 Å². The number of aryl methyl sites for hydroxylation is 1. The fraction of sp³-hybridized carbons (Fsp3) is 0.400. The number of carbonyl (C=O) groups is 1. The molecule has 6 nitrogen and oxygen atoms in total. The van der Waals surface area contributed by atoms with E-state index in [-0.39, 0.29) is 5.97 Å². The Morgan fingerprint density at radius 2 is 2.38 bits per heavy atom. The van der Waals surface area contributed by atoms with Crippen LogP contribution in [0, 0.1) is 0 Å². The van der Waals surface area contributed by atoms with Gasteiger partial charge >= 0.3 is 5.97 Å². The minimum Gasteiger partial charge on any atom is -0.466 e. The maximum absolute atomic E-state index is 10.5. The van der Waals surface area contributed by atoms with Crippen molar-refractivity contribution in [1.82, 2.24) is 19.6 Å². The van der Waals surface area contributed by atoms with Gasteiger partial charge in [-0.05, 0) is 18.4 Å². The highest BCUT2D eigenvalue weighted by Crippen LogP contribution is 2.02. The molecule has 0 spiro atoms. The third-order valence-electron chi connectivity index (χ3n) is 2.10. The summed E-state index contributed by atoms with van der Waals surface area (Å²) < 4.78 is 6.47. The molecule has 0 atom stereocenters. The van der Waals surface area contributed by atoms with Gasteiger partial charge in [0.2, 0.25) is 0 Å². The van der Waals surface area contributed by atoms with Gasteiger partial charge in [-0.3, -0.25) is 4.79 Å². The van der Waals surface area contributed by atoms with Crippen LogP contribution in [0.4, 0.5) is 0 Å². The summed E-state index contributed by atoms with van der Waals surface area (Å²) in [6.45, 7) is 1.84. The van der Waals surface area contributed by atoms with Crippen molar-refractivity contribution in [3.8, 4) is 0 Å². The van der Waals surface area contributed by atoms with Gasteiger partial charge in [-0.1, -0.05) is 0 Å². The Morgan fingerprint density at radius 3 is 3.19 bits per heavy atom. The second kappa shape index (κ2) is 4.69. The zero-order chi connectivity index (χ0) is 11.4. The van der Waals surface area contributed by atoms with E-state index in [1.807, 2.05) is 6.20 Å². The Hall–Kier alpha value is -1.98. The van der Waals surface area contributed by atoms with Crippen molar-refractivity contribution < 1.29 is 9.53 Å². The molecule has 0 aliphatic rings. The first-order valence-corrected chi connectivity index (χ1v) is 5.03. The zero-order valence-electron chi connectivity index (χ0n) is 8.96. The maximum atomic E-state index is 10.5. The van der Waals surface area contributed by atoms with Crippen LogP contribution in [0.15, 0.2) is 18.7 Å². The van der Waals surface area contributed by atoms with E-state index in [2.05, 4.69) is 15.1 Å². The van der Waals surface area contributed by atoms with Crippen molar-refractivity contribution >= 4 is 11.7 Å². The van der Waals surface area contributed by atoms with Crippen LogP contribution >= 0.6 is 0 Å². The topological polar surface area (TPSA) is 69.4 Å². The van der Waals surface area contributed by atoms with Crippen LogP contribution < -0.4 is 0 Å². The van der Waals surface area contributed by atoms with Crippen molar-refractivity contribution in [2.45, 2.75) is 19.8 Å². The van der Waals surface area contributed by atoms with Gasteiger partial charge in [0, 0.05) is 19.3 Å². The highest BCUT2D eigenvalue weighted by molar-refractivity contribution is 5.65. The van der Waals surface area contributed by atoms with Crippen molar-refractivity contribution in [3.63, 3.8) is 0 Å². The fourth-order valence-electron chi connectivity index (χ4n) is 1.38. The number of esters is 1. The van der Waals surface area contributed by atoms with Crippen molar-refractivity contribution in [1.29, 1.82) is 0 Å². The maximum Gasteiger partial charge on any atom is 0.302 e. The van der Waals surface area contributed by atoms with Gasteiger partial charge in [-0.25, -0.2) is 9.50 Å². The molecule has 6 heteroatoms. The highest BCUT2D eigenvalue weighted by Gasteiger charge is 2.00. The van der Waals surface area contributed by atoms with Crippen LogP contribution in [0.5, 0.6) is 0 Å². The molecule has 0 radical (unpaired) electrons. The number of hydrogen-bond acceptors (Lipinski definition) is 5. The molecular weight excluding hydrogens is 208 g/mol. The van der Waals surface area contributed by atoms with Gasteiger partial charge < -0.3 is 4.74 Å². The van der Waals surface area contributed by atoms with E-state index in [1.165, 1.54) is 13.3 Å². The first-order chi connectivity index (χ1) is 7.75. The lowest BCUT2D eigenvalue weighted by Crippen LogP contribution is -2.02. The standard InChI is InChI=1S/C10H12N4O2/c1-8(15)16-4-2-3-9-5-11-10-12-7-13-14(10)6-9/h5-7H,2-4H2,1H3. The van der Waals surface area contributed by atoms with Gasteiger partial charge in [-0.2, -0.15) is 10.1 Å². The van der Waals surface area contributed by atoms with Crippen LogP contribution in [0.2, 0.25) is 0 Å². The molecule has 0 unspecified atom stereocenters. The minimum absolute atomic E-state index is 0.246. The van der Waals surface area contributed by atoms with Gasteiger partial charge in [0.25, 0.3) is 5.78 Å². The van der Waals surface area contributed by atoms with Crippen LogP contribution in [-0.4, -0.2) is 32.2 Å². The van der Waals surface area contributed by atoms with Crippen LogP contribution in [0.3, 0.4) is 0 Å². The second-order valence-corrected chi connectivity index (χ2v) is 3.41. The average molecular weight is 220 g/mol. The molecule has 0 saturated heterocycles. The Balaban J connectivity index is 1.91. The monoisotopic (exact) mass is 220 g/mol. The molecule has 2 rings (SSSR count). The SMILES string of the molecule is CC(=O)OCCCc1cnc2ncnn2c1. The summed E-state index contributed by atoms with van der Waals surface area (Å²) >= 11 is 0. The predicted octanol–water partition coefficient (Wildman–Crippen LogP) is 0.620. The smallest absolute Gasteiger partial charge is 0.302 e. The lowest BCUT2D eigenvalue weighted by molar-refractivity contribution is -0.141. The van der Waals surface area contributed by atoms with Crippen molar-refractivity contribution in [2.75, 3.05) is 6.61 Å². The van der Waals surface area contributed by atoms with Crippen LogP contribution in [0.1, 0.15) is 18.9 Å². The summed E-state index contributed by atoms with van der Waals surface area (Å²) in [6, 6.07) is 0. The lowest BCUT2D eigenvalue weighted by Gasteiger charge is -2.02. The van der Waals surface area contributed by atoms with Gasteiger partial charge in [0.05, 0.1) is 6.61 Å². The van der Waals surface area contributed by atoms with E-state index >= 15 is 0 Å². The molecule has 0 saturated carbocycles. The summed E-state index contributed by atoms with van der Waals surface area (Å²) in [5.74, 6) is 0.341. The number of ether oxygens (including phenoxy) is 1. The number of aromatic nitrogens is 4. The van der Waals surface area contributed by atoms with Gasteiger partial charge in [0.15, 0.2) is 0 Å². The minimum atomic E-state index is -0.246. The number of rotatable bonds is 4. The fourth-order valence-corrected chi connectivity index (χ4v) is 1.38. The molecule has 0 N–H and O–H groups in total. The van der Waals surface area contributed by atoms with Crippen molar-refractivity contribution in [2.24, 2.45) is 0 Å². The molecule has 0 bridgehead atoms. The largest absolute Gasteiger partial charge is 0.466 e. The predicted molar refractivity (Wildman–Crippen MR) is 55.7 cm³/mol. The Kier molecular flexibility index (Phi) is 3.09. The Morgan fingerprint density at radius 1 is 1.50 bits per heavy atom. The quantitative estimate of drug-likeness (QED) is 0.558. The van der Waals surface area contributed by atoms with Gasteiger partial charge in [0.1, 0.15) is 6.33 Å². The van der Waals surface area contributed by atoms with E-state index in [0.29, 0.717) is 12.4 Å². The van der Waals surface area contributed by atoms with E-state index in [4.69, 9.17) is 4.74 Å². The molecule has 2 aromatic rings. The van der Waals surface area contributed by atoms with E-state index in [9.17, 15) is 4.79 Å². The van der Waals surface area contributed by atoms with Gasteiger partial charge in [-0.15, -0.1) is 0 Å². The summed E-state index contributed by atoms with van der Waals surface area (Å²) in [5, 5.41) is 3.99. The molecule has 0 amide bonds. The summed E-state index contributed by atoms with van der Waals surface area (Å²) in [4.78, 5) is 18.6. The zero-order valence-corrected chi connectivity index (χ0v) is 8.96. The van der Waals surface area contributed by atoms with Crippen LogP contribution in [0.25, 0.3) is 5.78 Å². The highest BCUT2D eigenvalue weighted by atomic mass is 16.5. The number of nitrogens with zero attached hydrogens (tertiary/aromatic N) is 4. The average Bonchev–Trinajstić information content (AvgIpc) is 2.71. The molecular formula is C10H12N4O2. The van der Waals surface area contributed by atoms with E-state index < -0.39 is 0 Å². The van der Waals surface area contributed by atoms with Crippen molar-refractivity contribution in [3.05, 3.63) is 24.3 Å². The third kappa shape index (κ3) is 2.53. The number of fused-ring (bicyclic) bond motifs is 1. The molecule has 0 fully saturated rings. The molecule has 0 aliphatic heterocycles. The number of hydrogen-bond donors (Lipinski definition) is 0. The first kappa shape index (κ1) is 10.5. The number of carbonyl (C=O) groups excluding carboxylic acids is 1. The second-order valence-electron chi connectivity index (χ2n) is 3.41. The summed E-state index contributed by atoms with van der Waals surface area (Å²) in [7, 11) is 0. The lowest BCUT2D eigenvalue weighted by atomic mass is 10.2. The third-order valence-corrected chi connectivity index (χ3v) is 2.10. The molecule has 16 heavy (non-hydrogen) atoms. The Bertz CT molecular complexity index is 494. The Labute approximate surface area is 92.3 Å². The molecule has 2 heterocycles. The summed E-state index contributed by atoms with van der Waals surface area (Å²) in [5.41, 5.74) is 1.05. The normalized spacial score (nSPS) is 10.6. The molecule has 0 aromatic carbocycles. The van der Waals surface area contributed by atoms with E-state index in [0.717, 1.165) is 18.4 Å². The molecule has 2 aromatic heterocycles.